The van der Waals surface area contributed by atoms with Gasteiger partial charge in [0, 0.05) is 11.6 Å². The Morgan fingerprint density at radius 3 is 3.00 bits per heavy atom. The van der Waals surface area contributed by atoms with E-state index in [0.717, 1.165) is 16.5 Å². The van der Waals surface area contributed by atoms with Crippen LogP contribution in [0.3, 0.4) is 0 Å². The van der Waals surface area contributed by atoms with Crippen LogP contribution in [0.2, 0.25) is 0 Å². The Hall–Kier alpha value is -0.610. The molecule has 0 saturated heterocycles. The maximum atomic E-state index is 10.4. The summed E-state index contributed by atoms with van der Waals surface area (Å²) in [6, 6.07) is 0. The minimum absolute atomic E-state index is 0.0620. The van der Waals surface area contributed by atoms with E-state index in [0.29, 0.717) is 0 Å². The number of aliphatic carboxylic acids is 1. The summed E-state index contributed by atoms with van der Waals surface area (Å²) in [7, 11) is 1.64. The Morgan fingerprint density at radius 1 is 1.85 bits per heavy atom. The van der Waals surface area contributed by atoms with Gasteiger partial charge in [0.2, 0.25) is 0 Å². The topological polar surface area (TPSA) is 46.5 Å². The molecule has 1 rings (SSSR count). The number of rotatable bonds is 3. The molecule has 0 heterocycles. The number of carboxylic acid groups (broad SMARTS) is 1. The fraction of sp³-hybridized carbons (Fsp3) is 0.444. The number of allylic oxidation sites excluding steroid dienone is 1. The van der Waals surface area contributed by atoms with Crippen molar-refractivity contribution < 1.29 is 14.6 Å². The molecule has 1 aliphatic carbocycles. The minimum Gasteiger partial charge on any atom is -0.481 e. The molecule has 0 saturated carbocycles. The van der Waals surface area contributed by atoms with Crippen LogP contribution in [0.5, 0.6) is 0 Å². The molecule has 0 spiro atoms. The third-order valence-corrected chi connectivity index (χ3v) is 2.65. The summed E-state index contributed by atoms with van der Waals surface area (Å²) in [6.45, 7) is 0. The zero-order chi connectivity index (χ0) is 9.84. The highest BCUT2D eigenvalue weighted by atomic mass is 79.9. The van der Waals surface area contributed by atoms with Gasteiger partial charge in [-0.15, -0.1) is 0 Å². The number of hydrogen-bond donors (Lipinski definition) is 1. The monoisotopic (exact) mass is 246 g/mol. The highest BCUT2D eigenvalue weighted by molar-refractivity contribution is 9.12. The number of carboxylic acids is 1. The predicted molar refractivity (Wildman–Crippen MR) is 52.8 cm³/mol. The van der Waals surface area contributed by atoms with Crippen LogP contribution in [0.25, 0.3) is 0 Å². The van der Waals surface area contributed by atoms with Crippen molar-refractivity contribution >= 4 is 21.9 Å². The van der Waals surface area contributed by atoms with Gasteiger partial charge in [0.25, 0.3) is 0 Å². The zero-order valence-electron chi connectivity index (χ0n) is 7.29. The normalized spacial score (nSPS) is 22.2. The van der Waals surface area contributed by atoms with Crippen molar-refractivity contribution in [3.8, 4) is 0 Å². The van der Waals surface area contributed by atoms with E-state index >= 15 is 0 Å². The summed E-state index contributed by atoms with van der Waals surface area (Å²) in [5.41, 5.74) is 0.820. The summed E-state index contributed by atoms with van der Waals surface area (Å²) in [5, 5.41) is 8.59. The molecule has 0 aromatic carbocycles. The van der Waals surface area contributed by atoms with Crippen LogP contribution in [0.1, 0.15) is 12.8 Å². The Morgan fingerprint density at radius 2 is 2.54 bits per heavy atom. The van der Waals surface area contributed by atoms with Crippen LogP contribution in [-0.2, 0) is 9.53 Å². The quantitative estimate of drug-likeness (QED) is 0.830. The average Bonchev–Trinajstić information content (AvgIpc) is 2.08. The SMILES string of the molecule is COC1C=C(Br)C(CC(=O)O)=CC1. The molecule has 13 heavy (non-hydrogen) atoms. The van der Waals surface area contributed by atoms with Gasteiger partial charge in [-0.25, -0.2) is 0 Å². The van der Waals surface area contributed by atoms with Crippen molar-refractivity contribution in [1.82, 2.24) is 0 Å². The summed E-state index contributed by atoms with van der Waals surface area (Å²) in [4.78, 5) is 10.4. The number of methoxy groups -OCH3 is 1. The molecular weight excluding hydrogens is 236 g/mol. The molecule has 1 N–H and O–H groups in total. The van der Waals surface area contributed by atoms with Crippen molar-refractivity contribution in [1.29, 1.82) is 0 Å². The zero-order valence-corrected chi connectivity index (χ0v) is 8.87. The summed E-state index contributed by atoms with van der Waals surface area (Å²) in [6.07, 6.45) is 4.65. The second-order valence-corrected chi connectivity index (χ2v) is 3.68. The van der Waals surface area contributed by atoms with Gasteiger partial charge in [-0.2, -0.15) is 0 Å². The fourth-order valence-electron chi connectivity index (χ4n) is 1.18. The van der Waals surface area contributed by atoms with Crippen LogP contribution < -0.4 is 0 Å². The lowest BCUT2D eigenvalue weighted by Crippen LogP contribution is -2.11. The van der Waals surface area contributed by atoms with E-state index in [-0.39, 0.29) is 12.5 Å². The molecule has 0 radical (unpaired) electrons. The van der Waals surface area contributed by atoms with E-state index < -0.39 is 5.97 Å². The Bertz CT molecular complexity index is 268. The summed E-state index contributed by atoms with van der Waals surface area (Å²) in [5.74, 6) is -0.813. The molecule has 1 unspecified atom stereocenters. The Labute approximate surface area is 85.2 Å². The molecular formula is C9H11BrO3. The fourth-order valence-corrected chi connectivity index (χ4v) is 1.77. The molecule has 1 aliphatic rings. The van der Waals surface area contributed by atoms with Crippen molar-refractivity contribution in [3.63, 3.8) is 0 Å². The van der Waals surface area contributed by atoms with Crippen LogP contribution in [0, 0.1) is 0 Å². The number of carbonyl (C=O) groups is 1. The van der Waals surface area contributed by atoms with Crippen molar-refractivity contribution in [2.45, 2.75) is 18.9 Å². The van der Waals surface area contributed by atoms with Gasteiger partial charge in [0.15, 0.2) is 0 Å². The van der Waals surface area contributed by atoms with Gasteiger partial charge in [-0.1, -0.05) is 22.0 Å². The predicted octanol–water partition coefficient (Wildman–Crippen LogP) is 2.08. The Kier molecular flexibility index (Phi) is 3.69. The average molecular weight is 247 g/mol. The molecule has 0 aromatic rings. The van der Waals surface area contributed by atoms with Crippen molar-refractivity contribution in [2.24, 2.45) is 0 Å². The van der Waals surface area contributed by atoms with Crippen molar-refractivity contribution in [2.75, 3.05) is 7.11 Å². The molecule has 72 valence electrons. The Balaban J connectivity index is 2.65. The van der Waals surface area contributed by atoms with E-state index in [9.17, 15) is 4.79 Å². The van der Waals surface area contributed by atoms with E-state index in [4.69, 9.17) is 9.84 Å². The smallest absolute Gasteiger partial charge is 0.307 e. The van der Waals surface area contributed by atoms with E-state index in [1.54, 1.807) is 7.11 Å². The second-order valence-electron chi connectivity index (χ2n) is 2.82. The number of halogens is 1. The molecule has 0 fully saturated rings. The van der Waals surface area contributed by atoms with Gasteiger partial charge >= 0.3 is 5.97 Å². The van der Waals surface area contributed by atoms with E-state index in [1.165, 1.54) is 0 Å². The van der Waals surface area contributed by atoms with Crippen LogP contribution in [0.4, 0.5) is 0 Å². The molecule has 0 aromatic heterocycles. The van der Waals surface area contributed by atoms with Crippen LogP contribution in [0.15, 0.2) is 22.2 Å². The first-order chi connectivity index (χ1) is 6.13. The van der Waals surface area contributed by atoms with E-state index in [2.05, 4.69) is 15.9 Å². The second kappa shape index (κ2) is 4.58. The van der Waals surface area contributed by atoms with Crippen molar-refractivity contribution in [3.05, 3.63) is 22.2 Å². The summed E-state index contributed by atoms with van der Waals surface area (Å²) < 4.78 is 5.94. The van der Waals surface area contributed by atoms with E-state index in [1.807, 2.05) is 12.2 Å². The minimum atomic E-state index is -0.813. The lowest BCUT2D eigenvalue weighted by Gasteiger charge is -2.16. The maximum Gasteiger partial charge on any atom is 0.307 e. The molecule has 3 nitrogen and oxygen atoms in total. The van der Waals surface area contributed by atoms with Gasteiger partial charge in [-0.05, 0) is 18.1 Å². The molecule has 1 atom stereocenters. The lowest BCUT2D eigenvalue weighted by molar-refractivity contribution is -0.136. The third-order valence-electron chi connectivity index (χ3n) is 1.88. The number of ether oxygens (including phenoxy) is 1. The largest absolute Gasteiger partial charge is 0.481 e. The number of hydrogen-bond acceptors (Lipinski definition) is 2. The van der Waals surface area contributed by atoms with Crippen LogP contribution >= 0.6 is 15.9 Å². The first-order valence-electron chi connectivity index (χ1n) is 3.94. The first-order valence-corrected chi connectivity index (χ1v) is 4.74. The molecule has 4 heteroatoms. The van der Waals surface area contributed by atoms with Gasteiger partial charge in [0.05, 0.1) is 12.5 Å². The van der Waals surface area contributed by atoms with Crippen LogP contribution in [-0.4, -0.2) is 24.3 Å². The van der Waals surface area contributed by atoms with Gasteiger partial charge < -0.3 is 9.84 Å². The van der Waals surface area contributed by atoms with Gasteiger partial charge in [-0.3, -0.25) is 4.79 Å². The highest BCUT2D eigenvalue weighted by Crippen LogP contribution is 2.27. The first kappa shape index (κ1) is 10.5. The lowest BCUT2D eigenvalue weighted by atomic mass is 10.0. The third kappa shape index (κ3) is 2.97. The maximum absolute atomic E-state index is 10.4. The molecule has 0 amide bonds. The summed E-state index contributed by atoms with van der Waals surface area (Å²) >= 11 is 3.31. The standard InChI is InChI=1S/C9H11BrO3/c1-13-7-3-2-6(4-9(11)12)8(10)5-7/h2,5,7H,3-4H2,1H3,(H,11,12). The molecule has 0 bridgehead atoms. The highest BCUT2D eigenvalue weighted by Gasteiger charge is 2.15. The molecule has 0 aliphatic heterocycles. The van der Waals surface area contributed by atoms with Gasteiger partial charge in [0.1, 0.15) is 0 Å².